The maximum atomic E-state index is 12.5. The van der Waals surface area contributed by atoms with Gasteiger partial charge in [-0.1, -0.05) is 26.2 Å². The van der Waals surface area contributed by atoms with E-state index >= 15 is 0 Å². The van der Waals surface area contributed by atoms with Crippen molar-refractivity contribution in [1.29, 1.82) is 0 Å². The molecule has 2 nitrogen and oxygen atoms in total. The Balaban J connectivity index is 2.18. The third-order valence-corrected chi connectivity index (χ3v) is 3.63. The van der Waals surface area contributed by atoms with Gasteiger partial charge in [-0.05, 0) is 24.8 Å². The van der Waals surface area contributed by atoms with Crippen molar-refractivity contribution in [1.82, 2.24) is 9.78 Å². The van der Waals surface area contributed by atoms with E-state index in [0.29, 0.717) is 5.92 Å². The van der Waals surface area contributed by atoms with Gasteiger partial charge in [0, 0.05) is 6.20 Å². The zero-order chi connectivity index (χ0) is 12.5. The third-order valence-electron chi connectivity index (χ3n) is 3.63. The molecule has 0 saturated heterocycles. The number of hydrogen-bond acceptors (Lipinski definition) is 1. The molecule has 0 bridgehead atoms. The highest BCUT2D eigenvalue weighted by atomic mass is 19.4. The van der Waals surface area contributed by atoms with Crippen molar-refractivity contribution in [2.75, 3.05) is 0 Å². The maximum Gasteiger partial charge on any atom is 0.435 e. The summed E-state index contributed by atoms with van der Waals surface area (Å²) in [4.78, 5) is 0. The molecule has 1 aromatic rings. The fourth-order valence-corrected chi connectivity index (χ4v) is 2.69. The van der Waals surface area contributed by atoms with E-state index in [1.165, 1.54) is 17.3 Å². The summed E-state index contributed by atoms with van der Waals surface area (Å²) in [5, 5.41) is 3.70. The lowest BCUT2D eigenvalue weighted by Gasteiger charge is -2.31. The molecule has 1 aromatic heterocycles. The van der Waals surface area contributed by atoms with Crippen LogP contribution in [0.1, 0.15) is 50.8 Å². The SMILES string of the molecule is CCC1CCCCC1n1ccc(C(F)(F)F)n1. The Kier molecular flexibility index (Phi) is 3.45. The first-order chi connectivity index (χ1) is 8.02. The molecule has 2 rings (SSSR count). The van der Waals surface area contributed by atoms with Crippen LogP contribution in [0.25, 0.3) is 0 Å². The number of halogens is 3. The molecule has 1 heterocycles. The van der Waals surface area contributed by atoms with E-state index in [0.717, 1.165) is 31.7 Å². The van der Waals surface area contributed by atoms with E-state index in [2.05, 4.69) is 12.0 Å². The van der Waals surface area contributed by atoms with Crippen LogP contribution in [0.4, 0.5) is 13.2 Å². The first kappa shape index (κ1) is 12.5. The van der Waals surface area contributed by atoms with E-state index in [9.17, 15) is 13.2 Å². The van der Waals surface area contributed by atoms with Gasteiger partial charge < -0.3 is 0 Å². The van der Waals surface area contributed by atoms with Crippen molar-refractivity contribution in [3.8, 4) is 0 Å². The molecular formula is C12H17F3N2. The average molecular weight is 246 g/mol. The minimum Gasteiger partial charge on any atom is -0.269 e. The molecule has 1 saturated carbocycles. The van der Waals surface area contributed by atoms with E-state index in [-0.39, 0.29) is 6.04 Å². The lowest BCUT2D eigenvalue weighted by Crippen LogP contribution is -2.23. The van der Waals surface area contributed by atoms with Crippen molar-refractivity contribution >= 4 is 0 Å². The Morgan fingerprint density at radius 1 is 1.35 bits per heavy atom. The standard InChI is InChI=1S/C12H17F3N2/c1-2-9-5-3-4-6-10(9)17-8-7-11(16-17)12(13,14)15/h7-10H,2-6H2,1H3. The number of alkyl halides is 3. The predicted octanol–water partition coefficient (Wildman–Crippen LogP) is 4.04. The predicted molar refractivity (Wildman–Crippen MR) is 58.5 cm³/mol. The highest BCUT2D eigenvalue weighted by Gasteiger charge is 2.35. The zero-order valence-corrected chi connectivity index (χ0v) is 9.87. The molecule has 0 spiro atoms. The Bertz CT molecular complexity index is 370. The molecule has 0 N–H and O–H groups in total. The molecule has 1 aliphatic rings. The first-order valence-electron chi connectivity index (χ1n) is 6.14. The van der Waals surface area contributed by atoms with Crippen LogP contribution in [0, 0.1) is 5.92 Å². The fourth-order valence-electron chi connectivity index (χ4n) is 2.69. The summed E-state index contributed by atoms with van der Waals surface area (Å²) < 4.78 is 38.9. The molecular weight excluding hydrogens is 229 g/mol. The van der Waals surface area contributed by atoms with Gasteiger partial charge in [-0.2, -0.15) is 18.3 Å². The summed E-state index contributed by atoms with van der Waals surface area (Å²) in [6.45, 7) is 2.09. The Hall–Kier alpha value is -1.00. The minimum atomic E-state index is -4.33. The number of rotatable bonds is 2. The van der Waals surface area contributed by atoms with E-state index in [1.807, 2.05) is 0 Å². The average Bonchev–Trinajstić information content (AvgIpc) is 2.77. The largest absolute Gasteiger partial charge is 0.435 e. The molecule has 5 heteroatoms. The van der Waals surface area contributed by atoms with Crippen molar-refractivity contribution in [2.24, 2.45) is 5.92 Å². The van der Waals surface area contributed by atoms with E-state index in [4.69, 9.17) is 0 Å². The Morgan fingerprint density at radius 3 is 2.65 bits per heavy atom. The van der Waals surface area contributed by atoms with E-state index in [1.54, 1.807) is 0 Å². The molecule has 96 valence electrons. The number of nitrogens with zero attached hydrogens (tertiary/aromatic N) is 2. The lowest BCUT2D eigenvalue weighted by molar-refractivity contribution is -0.141. The third kappa shape index (κ3) is 2.64. The van der Waals surface area contributed by atoms with Gasteiger partial charge in [0.25, 0.3) is 0 Å². The number of hydrogen-bond donors (Lipinski definition) is 0. The van der Waals surface area contributed by atoms with Crippen molar-refractivity contribution in [3.05, 3.63) is 18.0 Å². The van der Waals surface area contributed by atoms with Crippen LogP contribution in [-0.4, -0.2) is 9.78 Å². The summed E-state index contributed by atoms with van der Waals surface area (Å²) in [5.41, 5.74) is -0.780. The second kappa shape index (κ2) is 4.70. The maximum absolute atomic E-state index is 12.5. The van der Waals surface area contributed by atoms with Crippen molar-refractivity contribution in [3.63, 3.8) is 0 Å². The summed E-state index contributed by atoms with van der Waals surface area (Å²) in [5.74, 6) is 0.463. The molecule has 0 radical (unpaired) electrons. The second-order valence-corrected chi connectivity index (χ2v) is 4.70. The highest BCUT2D eigenvalue weighted by molar-refractivity contribution is 5.04. The molecule has 2 unspecified atom stereocenters. The van der Waals surface area contributed by atoms with Crippen LogP contribution in [0.2, 0.25) is 0 Å². The van der Waals surface area contributed by atoms with Crippen LogP contribution < -0.4 is 0 Å². The van der Waals surface area contributed by atoms with Gasteiger partial charge >= 0.3 is 6.18 Å². The topological polar surface area (TPSA) is 17.8 Å². The van der Waals surface area contributed by atoms with Gasteiger partial charge in [0.15, 0.2) is 5.69 Å². The monoisotopic (exact) mass is 246 g/mol. The van der Waals surface area contributed by atoms with Gasteiger partial charge in [-0.15, -0.1) is 0 Å². The van der Waals surface area contributed by atoms with Crippen molar-refractivity contribution < 1.29 is 13.2 Å². The molecule has 0 aliphatic heterocycles. The second-order valence-electron chi connectivity index (χ2n) is 4.70. The minimum absolute atomic E-state index is 0.143. The van der Waals surface area contributed by atoms with E-state index < -0.39 is 11.9 Å². The summed E-state index contributed by atoms with van der Waals surface area (Å²) in [6.07, 6.45) is 2.46. The van der Waals surface area contributed by atoms with Crippen LogP contribution in [-0.2, 0) is 6.18 Å². The summed E-state index contributed by atoms with van der Waals surface area (Å²) in [7, 11) is 0. The molecule has 17 heavy (non-hydrogen) atoms. The molecule has 0 amide bonds. The fraction of sp³-hybridized carbons (Fsp3) is 0.750. The lowest BCUT2D eigenvalue weighted by atomic mass is 9.83. The van der Waals surface area contributed by atoms with Gasteiger partial charge in [-0.25, -0.2) is 0 Å². The Labute approximate surface area is 98.8 Å². The van der Waals surface area contributed by atoms with Gasteiger partial charge in [-0.3, -0.25) is 4.68 Å². The molecule has 1 fully saturated rings. The van der Waals surface area contributed by atoms with Gasteiger partial charge in [0.2, 0.25) is 0 Å². The smallest absolute Gasteiger partial charge is 0.269 e. The van der Waals surface area contributed by atoms with Gasteiger partial charge in [0.05, 0.1) is 6.04 Å². The van der Waals surface area contributed by atoms with Crippen LogP contribution in [0.15, 0.2) is 12.3 Å². The normalized spacial score (nSPS) is 26.1. The highest BCUT2D eigenvalue weighted by Crippen LogP contribution is 2.36. The summed E-state index contributed by atoms with van der Waals surface area (Å²) >= 11 is 0. The van der Waals surface area contributed by atoms with Crippen LogP contribution in [0.5, 0.6) is 0 Å². The first-order valence-corrected chi connectivity index (χ1v) is 6.14. The van der Waals surface area contributed by atoms with Crippen LogP contribution >= 0.6 is 0 Å². The molecule has 2 atom stereocenters. The van der Waals surface area contributed by atoms with Gasteiger partial charge in [0.1, 0.15) is 0 Å². The Morgan fingerprint density at radius 2 is 2.06 bits per heavy atom. The molecule has 0 aromatic carbocycles. The quantitative estimate of drug-likeness (QED) is 0.770. The molecule has 1 aliphatic carbocycles. The van der Waals surface area contributed by atoms with Crippen LogP contribution in [0.3, 0.4) is 0 Å². The summed E-state index contributed by atoms with van der Waals surface area (Å²) in [6, 6.07) is 1.21. The van der Waals surface area contributed by atoms with Crippen molar-refractivity contribution in [2.45, 2.75) is 51.2 Å². The number of aromatic nitrogens is 2. The zero-order valence-electron chi connectivity index (χ0n) is 9.87.